The molecule has 0 aliphatic rings. The minimum absolute atomic E-state index is 0.114. The summed E-state index contributed by atoms with van der Waals surface area (Å²) in [4.78, 5) is 11.9. The molecule has 1 heterocycles. The van der Waals surface area contributed by atoms with E-state index in [0.29, 0.717) is 10.6 Å². The SMILES string of the molecule is Cc1c(C(=O)N[C@@H](C)CO)oc2ccc(Cl)cc12. The van der Waals surface area contributed by atoms with Crippen LogP contribution in [0.1, 0.15) is 23.0 Å². The lowest BCUT2D eigenvalue weighted by molar-refractivity contribution is 0.0895. The lowest BCUT2D eigenvalue weighted by Gasteiger charge is -2.09. The van der Waals surface area contributed by atoms with E-state index < -0.39 is 0 Å². The first-order chi connectivity index (χ1) is 8.52. The molecule has 0 aliphatic heterocycles. The number of rotatable bonds is 3. The summed E-state index contributed by atoms with van der Waals surface area (Å²) in [5.74, 6) is -0.0751. The van der Waals surface area contributed by atoms with E-state index in [2.05, 4.69) is 5.32 Å². The van der Waals surface area contributed by atoms with E-state index in [1.165, 1.54) is 0 Å². The number of fused-ring (bicyclic) bond motifs is 1. The van der Waals surface area contributed by atoms with Crippen LogP contribution in [0, 0.1) is 6.92 Å². The van der Waals surface area contributed by atoms with E-state index >= 15 is 0 Å². The van der Waals surface area contributed by atoms with Gasteiger partial charge in [-0.15, -0.1) is 0 Å². The van der Waals surface area contributed by atoms with Crippen LogP contribution >= 0.6 is 11.6 Å². The first-order valence-corrected chi connectivity index (χ1v) is 6.01. The molecular formula is C13H14ClNO3. The molecule has 0 radical (unpaired) electrons. The van der Waals surface area contributed by atoms with Crippen molar-refractivity contribution in [3.63, 3.8) is 0 Å². The molecule has 1 aromatic heterocycles. The van der Waals surface area contributed by atoms with Crippen molar-refractivity contribution in [1.82, 2.24) is 5.32 Å². The second-order valence-electron chi connectivity index (χ2n) is 4.25. The molecule has 0 bridgehead atoms. The number of furan rings is 1. The molecule has 1 amide bonds. The summed E-state index contributed by atoms with van der Waals surface area (Å²) < 4.78 is 5.51. The Morgan fingerprint density at radius 1 is 1.56 bits per heavy atom. The highest BCUT2D eigenvalue weighted by Gasteiger charge is 2.18. The third-order valence-corrected chi connectivity index (χ3v) is 2.99. The minimum atomic E-state index is -0.332. The zero-order valence-corrected chi connectivity index (χ0v) is 10.9. The van der Waals surface area contributed by atoms with Gasteiger partial charge < -0.3 is 14.8 Å². The summed E-state index contributed by atoms with van der Waals surface area (Å²) in [6, 6.07) is 4.90. The zero-order chi connectivity index (χ0) is 13.3. The second-order valence-corrected chi connectivity index (χ2v) is 4.69. The van der Waals surface area contributed by atoms with Crippen LogP contribution in [0.4, 0.5) is 0 Å². The molecule has 18 heavy (non-hydrogen) atoms. The molecule has 0 aliphatic carbocycles. The molecule has 0 saturated carbocycles. The summed E-state index contributed by atoms with van der Waals surface area (Å²) in [6.07, 6.45) is 0. The van der Waals surface area contributed by atoms with E-state index in [9.17, 15) is 4.79 Å². The Kier molecular flexibility index (Phi) is 3.59. The monoisotopic (exact) mass is 267 g/mol. The highest BCUT2D eigenvalue weighted by atomic mass is 35.5. The Bertz CT molecular complexity index is 591. The normalized spacial score (nSPS) is 12.7. The molecule has 96 valence electrons. The molecule has 2 aromatic rings. The van der Waals surface area contributed by atoms with Gasteiger partial charge in [-0.2, -0.15) is 0 Å². The number of nitrogens with one attached hydrogen (secondary N) is 1. The summed E-state index contributed by atoms with van der Waals surface area (Å²) in [5.41, 5.74) is 1.37. The van der Waals surface area contributed by atoms with Crippen molar-refractivity contribution >= 4 is 28.5 Å². The number of benzene rings is 1. The highest BCUT2D eigenvalue weighted by Crippen LogP contribution is 2.27. The van der Waals surface area contributed by atoms with Gasteiger partial charge in [0.05, 0.1) is 6.61 Å². The molecule has 1 aromatic carbocycles. The van der Waals surface area contributed by atoms with Crippen LogP contribution in [0.2, 0.25) is 5.02 Å². The Morgan fingerprint density at radius 3 is 2.94 bits per heavy atom. The maximum absolute atomic E-state index is 11.9. The number of aliphatic hydroxyl groups is 1. The van der Waals surface area contributed by atoms with Gasteiger partial charge in [-0.25, -0.2) is 0 Å². The average Bonchev–Trinajstić information content (AvgIpc) is 2.66. The van der Waals surface area contributed by atoms with E-state index in [4.69, 9.17) is 21.1 Å². The molecule has 4 nitrogen and oxygen atoms in total. The van der Waals surface area contributed by atoms with E-state index in [1.807, 2.05) is 0 Å². The molecule has 5 heteroatoms. The molecule has 0 unspecified atom stereocenters. The third-order valence-electron chi connectivity index (χ3n) is 2.76. The van der Waals surface area contributed by atoms with E-state index in [-0.39, 0.29) is 24.3 Å². The fourth-order valence-electron chi connectivity index (χ4n) is 1.74. The molecular weight excluding hydrogens is 254 g/mol. The van der Waals surface area contributed by atoms with Gasteiger partial charge in [0.1, 0.15) is 5.58 Å². The van der Waals surface area contributed by atoms with Gasteiger partial charge in [-0.3, -0.25) is 4.79 Å². The lowest BCUT2D eigenvalue weighted by atomic mass is 10.1. The molecule has 2 N–H and O–H groups in total. The quantitative estimate of drug-likeness (QED) is 0.898. The van der Waals surface area contributed by atoms with Gasteiger partial charge in [0.2, 0.25) is 0 Å². The van der Waals surface area contributed by atoms with Crippen molar-refractivity contribution in [2.45, 2.75) is 19.9 Å². The van der Waals surface area contributed by atoms with Crippen molar-refractivity contribution in [3.8, 4) is 0 Å². The molecule has 0 saturated heterocycles. The van der Waals surface area contributed by atoms with Crippen molar-refractivity contribution in [2.75, 3.05) is 6.61 Å². The smallest absolute Gasteiger partial charge is 0.287 e. The average molecular weight is 268 g/mol. The van der Waals surface area contributed by atoms with Crippen molar-refractivity contribution < 1.29 is 14.3 Å². The van der Waals surface area contributed by atoms with Crippen LogP contribution in [-0.4, -0.2) is 23.7 Å². The number of aryl methyl sites for hydroxylation is 1. The third kappa shape index (κ3) is 2.35. The number of carbonyl (C=O) groups excluding carboxylic acids is 1. The summed E-state index contributed by atoms with van der Waals surface area (Å²) in [6.45, 7) is 3.41. The van der Waals surface area contributed by atoms with Crippen molar-refractivity contribution in [3.05, 3.63) is 34.5 Å². The summed E-state index contributed by atoms with van der Waals surface area (Å²) in [7, 11) is 0. The van der Waals surface area contributed by atoms with E-state index in [0.717, 1.165) is 10.9 Å². The predicted molar refractivity (Wildman–Crippen MR) is 70.0 cm³/mol. The van der Waals surface area contributed by atoms with Crippen LogP contribution in [-0.2, 0) is 0 Å². The van der Waals surface area contributed by atoms with Gasteiger partial charge in [-0.1, -0.05) is 11.6 Å². The fraction of sp³-hybridized carbons (Fsp3) is 0.308. The Hall–Kier alpha value is -1.52. The number of halogens is 1. The summed E-state index contributed by atoms with van der Waals surface area (Å²) >= 11 is 5.91. The van der Waals surface area contributed by atoms with Crippen LogP contribution in [0.15, 0.2) is 22.6 Å². The predicted octanol–water partition coefficient (Wildman–Crippen LogP) is 2.51. The fourth-order valence-corrected chi connectivity index (χ4v) is 1.92. The molecule has 2 rings (SSSR count). The Labute approximate surface area is 110 Å². The van der Waals surface area contributed by atoms with Gasteiger partial charge >= 0.3 is 0 Å². The molecule has 0 spiro atoms. The standard InChI is InChI=1S/C13H14ClNO3/c1-7(6-16)15-13(17)12-8(2)10-5-9(14)3-4-11(10)18-12/h3-5,7,16H,6H2,1-2H3,(H,15,17)/t7-/m0/s1. The Balaban J connectivity index is 2.40. The molecule has 1 atom stereocenters. The Morgan fingerprint density at radius 2 is 2.28 bits per heavy atom. The minimum Gasteiger partial charge on any atom is -0.451 e. The number of carbonyl (C=O) groups is 1. The second kappa shape index (κ2) is 5.00. The van der Waals surface area contributed by atoms with Crippen LogP contribution in [0.3, 0.4) is 0 Å². The van der Waals surface area contributed by atoms with Crippen LogP contribution in [0.5, 0.6) is 0 Å². The van der Waals surface area contributed by atoms with Gasteiger partial charge in [0, 0.05) is 22.0 Å². The van der Waals surface area contributed by atoms with Crippen LogP contribution in [0.25, 0.3) is 11.0 Å². The molecule has 0 fully saturated rings. The number of amides is 1. The maximum atomic E-state index is 11.9. The first-order valence-electron chi connectivity index (χ1n) is 5.63. The number of hydrogen-bond donors (Lipinski definition) is 2. The zero-order valence-electron chi connectivity index (χ0n) is 10.2. The highest BCUT2D eigenvalue weighted by molar-refractivity contribution is 6.31. The maximum Gasteiger partial charge on any atom is 0.287 e. The largest absolute Gasteiger partial charge is 0.451 e. The van der Waals surface area contributed by atoms with Crippen molar-refractivity contribution in [2.24, 2.45) is 0 Å². The topological polar surface area (TPSA) is 62.5 Å². The van der Waals surface area contributed by atoms with Gasteiger partial charge in [-0.05, 0) is 32.0 Å². The van der Waals surface area contributed by atoms with Crippen LogP contribution < -0.4 is 5.32 Å². The lowest BCUT2D eigenvalue weighted by Crippen LogP contribution is -2.35. The van der Waals surface area contributed by atoms with E-state index in [1.54, 1.807) is 32.0 Å². The number of hydrogen-bond acceptors (Lipinski definition) is 3. The summed E-state index contributed by atoms with van der Waals surface area (Å²) in [5, 5.41) is 13.0. The van der Waals surface area contributed by atoms with Gasteiger partial charge in [0.25, 0.3) is 5.91 Å². The van der Waals surface area contributed by atoms with Crippen molar-refractivity contribution in [1.29, 1.82) is 0 Å². The number of aliphatic hydroxyl groups excluding tert-OH is 1. The first kappa shape index (κ1) is 12.9. The van der Waals surface area contributed by atoms with Gasteiger partial charge in [0.15, 0.2) is 5.76 Å².